The standard InChI is InChI=1S/C19H28N3O3P/c1-13(2)24-26(23,25-14(3)4)19(15-6-5-7-17(21)12-15)22-18-10-8-16(20)9-11-18/h5-14,19,22H,20-21H2,1-4H3. The number of rotatable bonds is 8. The summed E-state index contributed by atoms with van der Waals surface area (Å²) in [5.41, 5.74) is 14.4. The van der Waals surface area contributed by atoms with E-state index in [9.17, 15) is 4.57 Å². The molecule has 0 aliphatic carbocycles. The molecule has 1 atom stereocenters. The molecule has 2 rings (SSSR count). The molecule has 0 saturated carbocycles. The molecule has 0 spiro atoms. The zero-order chi connectivity index (χ0) is 19.3. The van der Waals surface area contributed by atoms with Crippen molar-refractivity contribution >= 4 is 24.7 Å². The minimum Gasteiger partial charge on any atom is -0.399 e. The summed E-state index contributed by atoms with van der Waals surface area (Å²) < 4.78 is 25.4. The molecule has 142 valence electrons. The molecule has 2 aromatic carbocycles. The van der Waals surface area contributed by atoms with Crippen LogP contribution in [0.25, 0.3) is 0 Å². The molecule has 0 heterocycles. The summed E-state index contributed by atoms with van der Waals surface area (Å²) in [5, 5.41) is 3.28. The average molecular weight is 377 g/mol. The molecule has 0 amide bonds. The summed E-state index contributed by atoms with van der Waals surface area (Å²) in [6, 6.07) is 14.4. The first-order valence-corrected chi connectivity index (χ1v) is 10.2. The molecule has 1 unspecified atom stereocenters. The second-order valence-corrected chi connectivity index (χ2v) is 8.70. The Kier molecular flexibility index (Phi) is 6.70. The fraction of sp³-hybridized carbons (Fsp3) is 0.368. The van der Waals surface area contributed by atoms with Crippen molar-refractivity contribution in [1.82, 2.24) is 0 Å². The fourth-order valence-electron chi connectivity index (χ4n) is 2.55. The third-order valence-corrected chi connectivity index (χ3v) is 5.96. The molecule has 0 radical (unpaired) electrons. The van der Waals surface area contributed by atoms with Crippen LogP contribution >= 0.6 is 7.60 Å². The van der Waals surface area contributed by atoms with Crippen molar-refractivity contribution in [2.45, 2.75) is 45.7 Å². The number of nitrogens with two attached hydrogens (primary N) is 2. The summed E-state index contributed by atoms with van der Waals surface area (Å²) in [6.45, 7) is 7.32. The second-order valence-electron chi connectivity index (χ2n) is 6.69. The number of nitrogen functional groups attached to an aromatic ring is 2. The first kappa shape index (κ1) is 20.3. The first-order valence-electron chi connectivity index (χ1n) is 8.63. The molecule has 0 saturated heterocycles. The molecular formula is C19H28N3O3P. The molecule has 7 heteroatoms. The predicted octanol–water partition coefficient (Wildman–Crippen LogP) is 5.00. The SMILES string of the molecule is CC(C)OP(=O)(OC(C)C)C(Nc1ccc(N)cc1)c1cccc(N)c1. The summed E-state index contributed by atoms with van der Waals surface area (Å²) in [4.78, 5) is 0. The van der Waals surface area contributed by atoms with Crippen molar-refractivity contribution in [2.75, 3.05) is 16.8 Å². The molecular weight excluding hydrogens is 349 g/mol. The first-order chi connectivity index (χ1) is 12.2. The quantitative estimate of drug-likeness (QED) is 0.442. The molecule has 0 fully saturated rings. The Labute approximate surface area is 155 Å². The normalized spacial score (nSPS) is 13.2. The van der Waals surface area contributed by atoms with Gasteiger partial charge in [-0.05, 0) is 69.7 Å². The van der Waals surface area contributed by atoms with E-state index < -0.39 is 13.4 Å². The smallest absolute Gasteiger partial charge is 0.357 e. The van der Waals surface area contributed by atoms with E-state index in [4.69, 9.17) is 20.5 Å². The molecule has 5 N–H and O–H groups in total. The highest BCUT2D eigenvalue weighted by Crippen LogP contribution is 2.62. The molecule has 0 aliphatic heterocycles. The van der Waals surface area contributed by atoms with Crippen LogP contribution in [0.1, 0.15) is 39.0 Å². The molecule has 2 aromatic rings. The van der Waals surface area contributed by atoms with Crippen LogP contribution in [-0.4, -0.2) is 12.2 Å². The second kappa shape index (κ2) is 8.58. The third kappa shape index (κ3) is 5.49. The van der Waals surface area contributed by atoms with Gasteiger partial charge in [0.05, 0.1) is 12.2 Å². The van der Waals surface area contributed by atoms with Crippen LogP contribution in [0.5, 0.6) is 0 Å². The molecule has 0 bridgehead atoms. The lowest BCUT2D eigenvalue weighted by Crippen LogP contribution is -2.19. The van der Waals surface area contributed by atoms with Gasteiger partial charge in [-0.3, -0.25) is 4.57 Å². The van der Waals surface area contributed by atoms with E-state index in [0.29, 0.717) is 11.4 Å². The van der Waals surface area contributed by atoms with E-state index in [0.717, 1.165) is 11.3 Å². The number of anilines is 3. The van der Waals surface area contributed by atoms with Gasteiger partial charge in [-0.25, -0.2) is 0 Å². The maximum absolute atomic E-state index is 13.7. The van der Waals surface area contributed by atoms with E-state index in [2.05, 4.69) is 5.32 Å². The van der Waals surface area contributed by atoms with Gasteiger partial charge in [0.1, 0.15) is 0 Å². The van der Waals surface area contributed by atoms with E-state index in [1.54, 1.807) is 24.3 Å². The van der Waals surface area contributed by atoms with Crippen LogP contribution in [-0.2, 0) is 13.6 Å². The van der Waals surface area contributed by atoms with Crippen LogP contribution in [0, 0.1) is 0 Å². The van der Waals surface area contributed by atoms with Crippen LogP contribution in [0.15, 0.2) is 48.5 Å². The van der Waals surface area contributed by atoms with E-state index in [1.165, 1.54) is 0 Å². The third-order valence-electron chi connectivity index (χ3n) is 3.47. The Morgan fingerprint density at radius 3 is 1.96 bits per heavy atom. The van der Waals surface area contributed by atoms with E-state index in [-0.39, 0.29) is 12.2 Å². The van der Waals surface area contributed by atoms with Crippen molar-refractivity contribution in [3.8, 4) is 0 Å². The van der Waals surface area contributed by atoms with Crippen molar-refractivity contribution in [1.29, 1.82) is 0 Å². The summed E-state index contributed by atoms with van der Waals surface area (Å²) >= 11 is 0. The Hall–Kier alpha value is -2.01. The van der Waals surface area contributed by atoms with Gasteiger partial charge in [0.15, 0.2) is 5.78 Å². The minimum atomic E-state index is -3.56. The maximum atomic E-state index is 13.7. The van der Waals surface area contributed by atoms with Gasteiger partial charge in [0, 0.05) is 17.1 Å². The Morgan fingerprint density at radius 1 is 0.885 bits per heavy atom. The average Bonchev–Trinajstić information content (AvgIpc) is 2.52. The van der Waals surface area contributed by atoms with Crippen LogP contribution < -0.4 is 16.8 Å². The minimum absolute atomic E-state index is 0.267. The van der Waals surface area contributed by atoms with Gasteiger partial charge in [0.2, 0.25) is 0 Å². The highest BCUT2D eigenvalue weighted by atomic mass is 31.2. The largest absolute Gasteiger partial charge is 0.399 e. The van der Waals surface area contributed by atoms with Gasteiger partial charge in [0.25, 0.3) is 0 Å². The maximum Gasteiger partial charge on any atom is 0.357 e. The monoisotopic (exact) mass is 377 g/mol. The molecule has 26 heavy (non-hydrogen) atoms. The summed E-state index contributed by atoms with van der Waals surface area (Å²) in [5.74, 6) is -0.709. The topological polar surface area (TPSA) is 99.6 Å². The predicted molar refractivity (Wildman–Crippen MR) is 108 cm³/mol. The van der Waals surface area contributed by atoms with E-state index in [1.807, 2.05) is 52.0 Å². The van der Waals surface area contributed by atoms with Crippen molar-refractivity contribution < 1.29 is 13.6 Å². The van der Waals surface area contributed by atoms with Gasteiger partial charge in [-0.15, -0.1) is 0 Å². The van der Waals surface area contributed by atoms with Crippen LogP contribution in [0.2, 0.25) is 0 Å². The lowest BCUT2D eigenvalue weighted by atomic mass is 10.2. The Morgan fingerprint density at radius 2 is 1.46 bits per heavy atom. The van der Waals surface area contributed by atoms with Crippen LogP contribution in [0.4, 0.5) is 17.1 Å². The zero-order valence-corrected chi connectivity index (χ0v) is 16.6. The van der Waals surface area contributed by atoms with Crippen LogP contribution in [0.3, 0.4) is 0 Å². The molecule has 6 nitrogen and oxygen atoms in total. The van der Waals surface area contributed by atoms with Gasteiger partial charge in [-0.1, -0.05) is 12.1 Å². The van der Waals surface area contributed by atoms with Crippen molar-refractivity contribution in [3.63, 3.8) is 0 Å². The number of hydrogen-bond donors (Lipinski definition) is 3. The van der Waals surface area contributed by atoms with Gasteiger partial charge >= 0.3 is 7.60 Å². The summed E-state index contributed by atoms with van der Waals surface area (Å²) in [6.07, 6.45) is -0.535. The number of nitrogens with one attached hydrogen (secondary N) is 1. The lowest BCUT2D eigenvalue weighted by molar-refractivity contribution is 0.138. The zero-order valence-electron chi connectivity index (χ0n) is 15.7. The molecule has 0 aliphatic rings. The van der Waals surface area contributed by atoms with Gasteiger partial charge < -0.3 is 25.8 Å². The highest BCUT2D eigenvalue weighted by molar-refractivity contribution is 7.54. The van der Waals surface area contributed by atoms with Crippen molar-refractivity contribution in [2.24, 2.45) is 0 Å². The van der Waals surface area contributed by atoms with Crippen molar-refractivity contribution in [3.05, 3.63) is 54.1 Å². The number of hydrogen-bond acceptors (Lipinski definition) is 6. The summed E-state index contributed by atoms with van der Waals surface area (Å²) in [7, 11) is -3.56. The Bertz CT molecular complexity index is 749. The Balaban J connectivity index is 2.49. The van der Waals surface area contributed by atoms with Gasteiger partial charge in [-0.2, -0.15) is 0 Å². The number of benzene rings is 2. The highest BCUT2D eigenvalue weighted by Gasteiger charge is 2.39. The lowest BCUT2D eigenvalue weighted by Gasteiger charge is -2.31. The fourth-order valence-corrected chi connectivity index (χ4v) is 4.85. The molecule has 0 aromatic heterocycles. The van der Waals surface area contributed by atoms with E-state index >= 15 is 0 Å².